The Morgan fingerprint density at radius 1 is 1.33 bits per heavy atom. The number of nitrogens with one attached hydrogen (secondary N) is 1. The van der Waals surface area contributed by atoms with Crippen molar-refractivity contribution in [2.45, 2.75) is 6.61 Å². The van der Waals surface area contributed by atoms with Crippen LogP contribution in [-0.4, -0.2) is 17.0 Å². The summed E-state index contributed by atoms with van der Waals surface area (Å²) in [6.45, 7) is 0.363. The Labute approximate surface area is 104 Å². The number of rotatable bonds is 4. The van der Waals surface area contributed by atoms with Gasteiger partial charge in [-0.25, -0.2) is 0 Å². The molecule has 0 unspecified atom stereocenters. The first-order valence-corrected chi connectivity index (χ1v) is 5.35. The molecule has 0 amide bonds. The number of nitrogens with two attached hydrogens (primary N) is 1. The molecule has 0 saturated carbocycles. The zero-order chi connectivity index (χ0) is 13.0. The Morgan fingerprint density at radius 3 is 2.89 bits per heavy atom. The minimum atomic E-state index is 0.115. The first-order chi connectivity index (χ1) is 8.69. The maximum absolute atomic E-state index is 7.37. The Balaban J connectivity index is 2.06. The topological polar surface area (TPSA) is 86.2 Å². The molecule has 0 aliphatic heterocycles. The van der Waals surface area contributed by atoms with E-state index < -0.39 is 0 Å². The molecule has 3 N–H and O–H groups in total. The Bertz CT molecular complexity index is 595. The molecule has 2 aromatic rings. The zero-order valence-corrected chi connectivity index (χ0v) is 9.96. The van der Waals surface area contributed by atoms with Gasteiger partial charge in [0, 0.05) is 6.07 Å². The van der Waals surface area contributed by atoms with E-state index >= 15 is 0 Å². The molecule has 1 aromatic heterocycles. The van der Waals surface area contributed by atoms with Crippen molar-refractivity contribution in [2.75, 3.05) is 13.0 Å². The Kier molecular flexibility index (Phi) is 3.47. The molecule has 0 saturated heterocycles. The van der Waals surface area contributed by atoms with Crippen LogP contribution in [0.4, 0.5) is 0 Å². The molecule has 0 fully saturated rings. The molecule has 1 heterocycles. The fourth-order valence-electron chi connectivity index (χ4n) is 1.42. The van der Waals surface area contributed by atoms with Crippen molar-refractivity contribution < 1.29 is 9.47 Å². The molecule has 0 spiro atoms. The smallest absolute Gasteiger partial charge is 0.233 e. The van der Waals surface area contributed by atoms with Crippen molar-refractivity contribution in [3.8, 4) is 11.6 Å². The van der Waals surface area contributed by atoms with E-state index in [4.69, 9.17) is 20.7 Å². The summed E-state index contributed by atoms with van der Waals surface area (Å²) in [5.74, 6) is 6.60. The number of hydrogen-bond donors (Lipinski definition) is 2. The summed E-state index contributed by atoms with van der Waals surface area (Å²) < 4.78 is 10.6. The monoisotopic (exact) mass is 246 g/mol. The van der Waals surface area contributed by atoms with E-state index in [0.29, 0.717) is 12.5 Å². The summed E-state index contributed by atoms with van der Waals surface area (Å²) >= 11 is 0. The van der Waals surface area contributed by atoms with Gasteiger partial charge in [0.2, 0.25) is 5.88 Å². The van der Waals surface area contributed by atoms with Gasteiger partial charge in [-0.05, 0) is 23.8 Å². The lowest BCUT2D eigenvalue weighted by molar-refractivity contribution is 0.285. The summed E-state index contributed by atoms with van der Waals surface area (Å²) in [6.07, 6.45) is 0. The van der Waals surface area contributed by atoms with Gasteiger partial charge in [0.25, 0.3) is 0 Å². The maximum Gasteiger partial charge on any atom is 0.233 e. The van der Waals surface area contributed by atoms with E-state index in [1.165, 1.54) is 6.07 Å². The fraction of sp³-hybridized carbons (Fsp3) is 0.167. The van der Waals surface area contributed by atoms with Gasteiger partial charge in [-0.15, -0.1) is 5.10 Å². The number of benzene rings is 1. The van der Waals surface area contributed by atoms with Gasteiger partial charge in [0.15, 0.2) is 5.49 Å². The summed E-state index contributed by atoms with van der Waals surface area (Å²) in [5.41, 5.74) is 1.08. The molecule has 94 valence electrons. The molecule has 1 aromatic carbocycles. The normalized spacial score (nSPS) is 10.1. The molecule has 0 radical (unpaired) electrons. The third kappa shape index (κ3) is 2.79. The van der Waals surface area contributed by atoms with Crippen molar-refractivity contribution in [3.05, 3.63) is 47.4 Å². The Hall–Kier alpha value is -2.50. The van der Waals surface area contributed by atoms with Crippen molar-refractivity contribution in [1.82, 2.24) is 9.89 Å². The highest BCUT2D eigenvalue weighted by Gasteiger charge is 2.00. The SMILES string of the molecule is COc1cccc(COc2ccc(=N)n(N)n2)c1. The second-order valence-corrected chi connectivity index (χ2v) is 3.64. The molecule has 2 rings (SSSR count). The molecule has 0 atom stereocenters. The maximum atomic E-state index is 7.37. The summed E-state index contributed by atoms with van der Waals surface area (Å²) in [7, 11) is 1.62. The van der Waals surface area contributed by atoms with Crippen LogP contribution in [0.25, 0.3) is 0 Å². The highest BCUT2D eigenvalue weighted by molar-refractivity contribution is 5.28. The van der Waals surface area contributed by atoms with Crippen LogP contribution in [0.3, 0.4) is 0 Å². The minimum Gasteiger partial charge on any atom is -0.497 e. The standard InChI is InChI=1S/C12H14N4O2/c1-17-10-4-2-3-9(7-10)8-18-12-6-5-11(13)16(14)15-12/h2-7,13H,8,14H2,1H3. The van der Waals surface area contributed by atoms with Crippen molar-refractivity contribution >= 4 is 0 Å². The lowest BCUT2D eigenvalue weighted by atomic mass is 10.2. The van der Waals surface area contributed by atoms with E-state index in [0.717, 1.165) is 16.1 Å². The minimum absolute atomic E-state index is 0.115. The van der Waals surface area contributed by atoms with E-state index in [1.54, 1.807) is 13.2 Å². The average Bonchev–Trinajstić information content (AvgIpc) is 2.40. The van der Waals surface area contributed by atoms with Crippen LogP contribution >= 0.6 is 0 Å². The molecule has 0 bridgehead atoms. The predicted molar refractivity (Wildman–Crippen MR) is 65.6 cm³/mol. The first kappa shape index (κ1) is 12.0. The fourth-order valence-corrected chi connectivity index (χ4v) is 1.42. The largest absolute Gasteiger partial charge is 0.497 e. The summed E-state index contributed by atoms with van der Waals surface area (Å²) in [5, 5.41) is 11.3. The van der Waals surface area contributed by atoms with Crippen LogP contribution in [-0.2, 0) is 6.61 Å². The number of aromatic nitrogens is 2. The first-order valence-electron chi connectivity index (χ1n) is 5.35. The number of methoxy groups -OCH3 is 1. The van der Waals surface area contributed by atoms with Crippen LogP contribution in [0.2, 0.25) is 0 Å². The van der Waals surface area contributed by atoms with Gasteiger partial charge in [-0.2, -0.15) is 4.79 Å². The molecule has 18 heavy (non-hydrogen) atoms. The molecule has 6 nitrogen and oxygen atoms in total. The second kappa shape index (κ2) is 5.22. The molecule has 0 aliphatic carbocycles. The van der Waals surface area contributed by atoms with E-state index in [1.807, 2.05) is 24.3 Å². The van der Waals surface area contributed by atoms with Crippen LogP contribution in [0.15, 0.2) is 36.4 Å². The van der Waals surface area contributed by atoms with Gasteiger partial charge >= 0.3 is 0 Å². The highest BCUT2D eigenvalue weighted by atomic mass is 16.5. The second-order valence-electron chi connectivity index (χ2n) is 3.64. The van der Waals surface area contributed by atoms with Crippen LogP contribution in [0.1, 0.15) is 5.56 Å². The third-order valence-corrected chi connectivity index (χ3v) is 2.36. The van der Waals surface area contributed by atoms with Gasteiger partial charge in [-0.3, -0.25) is 5.41 Å². The van der Waals surface area contributed by atoms with E-state index in [2.05, 4.69) is 5.10 Å². The lowest BCUT2D eigenvalue weighted by Gasteiger charge is -2.07. The Morgan fingerprint density at radius 2 is 2.17 bits per heavy atom. The van der Waals surface area contributed by atoms with E-state index in [9.17, 15) is 0 Å². The van der Waals surface area contributed by atoms with E-state index in [-0.39, 0.29) is 5.49 Å². The van der Waals surface area contributed by atoms with Crippen molar-refractivity contribution in [1.29, 1.82) is 5.41 Å². The van der Waals surface area contributed by atoms with Crippen LogP contribution < -0.4 is 20.8 Å². The van der Waals surface area contributed by atoms with Crippen LogP contribution in [0.5, 0.6) is 11.6 Å². The molecular weight excluding hydrogens is 232 g/mol. The van der Waals surface area contributed by atoms with Crippen LogP contribution in [0, 0.1) is 5.41 Å². The number of nitrogen functional groups attached to an aromatic ring is 1. The van der Waals surface area contributed by atoms with Gasteiger partial charge in [0.1, 0.15) is 12.4 Å². The lowest BCUT2D eigenvalue weighted by Crippen LogP contribution is -2.29. The zero-order valence-electron chi connectivity index (χ0n) is 9.96. The van der Waals surface area contributed by atoms with Crippen molar-refractivity contribution in [2.24, 2.45) is 0 Å². The molecule has 0 aliphatic rings. The van der Waals surface area contributed by atoms with Gasteiger partial charge in [0.05, 0.1) is 7.11 Å². The quantitative estimate of drug-likeness (QED) is 0.776. The van der Waals surface area contributed by atoms with Gasteiger partial charge < -0.3 is 15.3 Å². The summed E-state index contributed by atoms with van der Waals surface area (Å²) in [4.78, 5) is 0.959. The number of ether oxygens (including phenoxy) is 2. The molecule has 6 heteroatoms. The third-order valence-electron chi connectivity index (χ3n) is 2.36. The van der Waals surface area contributed by atoms with Gasteiger partial charge in [-0.1, -0.05) is 12.1 Å². The number of nitrogens with zero attached hydrogens (tertiary/aromatic N) is 2. The number of hydrogen-bond acceptors (Lipinski definition) is 5. The molecular formula is C12H14N4O2. The average molecular weight is 246 g/mol. The predicted octanol–water partition coefficient (Wildman–Crippen LogP) is 0.664. The highest BCUT2D eigenvalue weighted by Crippen LogP contribution is 2.14. The van der Waals surface area contributed by atoms with Crippen molar-refractivity contribution in [3.63, 3.8) is 0 Å². The summed E-state index contributed by atoms with van der Waals surface area (Å²) in [6, 6.07) is 10.7.